The van der Waals surface area contributed by atoms with Crippen molar-refractivity contribution in [1.29, 1.82) is 0 Å². The highest BCUT2D eigenvalue weighted by molar-refractivity contribution is 7.82. The number of ether oxygens (including phenoxy) is 1. The van der Waals surface area contributed by atoms with Crippen LogP contribution in [0.1, 0.15) is 6.42 Å². The molecule has 1 aliphatic rings. The molecule has 0 spiro atoms. The molecule has 0 aliphatic carbocycles. The third-order valence-corrected chi connectivity index (χ3v) is 1.32. The third-order valence-electron chi connectivity index (χ3n) is 0.922. The molecule has 1 unspecified atom stereocenters. The standard InChI is InChI=1S/C5H7OS/c1-2-3-5(7)4-6-5/h2H,1,3-4H2. The van der Waals surface area contributed by atoms with Crippen molar-refractivity contribution in [2.75, 3.05) is 6.61 Å². The van der Waals surface area contributed by atoms with Crippen LogP contribution < -0.4 is 0 Å². The first-order valence-corrected chi connectivity index (χ1v) is 2.63. The van der Waals surface area contributed by atoms with Crippen molar-refractivity contribution in [3.8, 4) is 0 Å². The average molecular weight is 115 g/mol. The predicted octanol–water partition coefficient (Wildman–Crippen LogP) is 1.49. The van der Waals surface area contributed by atoms with Crippen LogP contribution in [0.5, 0.6) is 0 Å². The van der Waals surface area contributed by atoms with Gasteiger partial charge >= 0.3 is 0 Å². The molecule has 0 aromatic rings. The summed E-state index contributed by atoms with van der Waals surface area (Å²) in [6.07, 6.45) is 2.60. The van der Waals surface area contributed by atoms with Gasteiger partial charge in [-0.1, -0.05) is 18.7 Å². The number of rotatable bonds is 2. The first-order chi connectivity index (χ1) is 3.27. The molecule has 0 amide bonds. The molecular weight excluding hydrogens is 108 g/mol. The van der Waals surface area contributed by atoms with E-state index in [-0.39, 0.29) is 4.93 Å². The zero-order chi connectivity index (χ0) is 5.33. The lowest BCUT2D eigenvalue weighted by atomic mass is 10.3. The van der Waals surface area contributed by atoms with Crippen LogP contribution in [0.3, 0.4) is 0 Å². The third kappa shape index (κ3) is 1.21. The number of hydrogen-bond donors (Lipinski definition) is 0. The SMILES string of the molecule is C=CCC1([S])CO1. The van der Waals surface area contributed by atoms with Gasteiger partial charge in [-0.05, 0) is 0 Å². The van der Waals surface area contributed by atoms with Crippen molar-refractivity contribution in [2.45, 2.75) is 11.4 Å². The highest BCUT2D eigenvalue weighted by Crippen LogP contribution is 2.34. The van der Waals surface area contributed by atoms with E-state index in [1.54, 1.807) is 6.08 Å². The second kappa shape index (κ2) is 1.53. The lowest BCUT2D eigenvalue weighted by Gasteiger charge is -1.91. The lowest BCUT2D eigenvalue weighted by Crippen LogP contribution is -1.95. The molecule has 0 aromatic heterocycles. The zero-order valence-corrected chi connectivity index (χ0v) is 4.83. The Morgan fingerprint density at radius 3 is 2.71 bits per heavy atom. The molecular formula is C5H7OS. The van der Waals surface area contributed by atoms with E-state index in [0.717, 1.165) is 13.0 Å². The van der Waals surface area contributed by atoms with Crippen LogP contribution in [0, 0.1) is 0 Å². The second-order valence-electron chi connectivity index (χ2n) is 1.69. The summed E-state index contributed by atoms with van der Waals surface area (Å²) in [5, 5.41) is 0. The van der Waals surface area contributed by atoms with Crippen LogP contribution in [-0.4, -0.2) is 11.5 Å². The highest BCUT2D eigenvalue weighted by Gasteiger charge is 2.40. The van der Waals surface area contributed by atoms with Gasteiger partial charge < -0.3 is 4.74 Å². The summed E-state index contributed by atoms with van der Waals surface area (Å²) in [5.41, 5.74) is 0. The molecule has 1 heterocycles. The molecule has 0 bridgehead atoms. The maximum atomic E-state index is 4.90. The summed E-state index contributed by atoms with van der Waals surface area (Å²) in [6, 6.07) is 0. The molecule has 1 saturated heterocycles. The minimum Gasteiger partial charge on any atom is -0.357 e. The fourth-order valence-electron chi connectivity index (χ4n) is 0.418. The molecule has 1 atom stereocenters. The molecule has 0 N–H and O–H groups in total. The van der Waals surface area contributed by atoms with E-state index >= 15 is 0 Å². The van der Waals surface area contributed by atoms with Gasteiger partial charge in [0.1, 0.15) is 4.93 Å². The zero-order valence-electron chi connectivity index (χ0n) is 4.02. The van der Waals surface area contributed by atoms with Crippen molar-refractivity contribution in [2.24, 2.45) is 0 Å². The Morgan fingerprint density at radius 2 is 2.57 bits per heavy atom. The maximum Gasteiger partial charge on any atom is 0.150 e. The lowest BCUT2D eigenvalue weighted by molar-refractivity contribution is 0.389. The second-order valence-corrected chi connectivity index (χ2v) is 2.44. The van der Waals surface area contributed by atoms with Crippen molar-refractivity contribution >= 4 is 12.6 Å². The van der Waals surface area contributed by atoms with Gasteiger partial charge in [-0.25, -0.2) is 0 Å². The summed E-state index contributed by atoms with van der Waals surface area (Å²) in [7, 11) is 0. The smallest absolute Gasteiger partial charge is 0.150 e. The fourth-order valence-corrected chi connectivity index (χ4v) is 0.595. The Kier molecular flexibility index (Phi) is 1.13. The van der Waals surface area contributed by atoms with Crippen molar-refractivity contribution < 1.29 is 4.74 Å². The molecule has 1 aliphatic heterocycles. The molecule has 0 aromatic carbocycles. The Hall–Kier alpha value is 0.0500. The van der Waals surface area contributed by atoms with Crippen molar-refractivity contribution in [3.05, 3.63) is 12.7 Å². The van der Waals surface area contributed by atoms with Crippen LogP contribution in [0.15, 0.2) is 12.7 Å². The van der Waals surface area contributed by atoms with Gasteiger partial charge in [-0.2, -0.15) is 0 Å². The van der Waals surface area contributed by atoms with Crippen LogP contribution in [-0.2, 0) is 4.74 Å². The predicted molar refractivity (Wildman–Crippen MR) is 31.1 cm³/mol. The van der Waals surface area contributed by atoms with Gasteiger partial charge in [0, 0.05) is 6.42 Å². The fraction of sp³-hybridized carbons (Fsp3) is 0.600. The largest absolute Gasteiger partial charge is 0.357 e. The molecule has 7 heavy (non-hydrogen) atoms. The van der Waals surface area contributed by atoms with Gasteiger partial charge in [0.25, 0.3) is 0 Å². The first-order valence-electron chi connectivity index (χ1n) is 2.22. The molecule has 0 saturated carbocycles. The topological polar surface area (TPSA) is 12.5 Å². The van der Waals surface area contributed by atoms with Crippen molar-refractivity contribution in [3.63, 3.8) is 0 Å². The number of hydrogen-bond acceptors (Lipinski definition) is 1. The van der Waals surface area contributed by atoms with E-state index < -0.39 is 0 Å². The summed E-state index contributed by atoms with van der Waals surface area (Å²) >= 11 is 4.90. The molecule has 1 nitrogen and oxygen atoms in total. The van der Waals surface area contributed by atoms with E-state index in [9.17, 15) is 0 Å². The first kappa shape index (κ1) is 5.19. The molecule has 2 heteroatoms. The molecule has 1 rings (SSSR count). The average Bonchev–Trinajstić information content (AvgIpc) is 2.22. The Bertz CT molecular complexity index is 86.1. The van der Waals surface area contributed by atoms with Crippen LogP contribution >= 0.6 is 12.6 Å². The minimum absolute atomic E-state index is 0.234. The monoisotopic (exact) mass is 115 g/mol. The molecule has 1 radical (unpaired) electrons. The quantitative estimate of drug-likeness (QED) is 0.392. The van der Waals surface area contributed by atoms with E-state index in [1.807, 2.05) is 0 Å². The summed E-state index contributed by atoms with van der Waals surface area (Å²) in [4.78, 5) is -0.234. The minimum atomic E-state index is -0.234. The van der Waals surface area contributed by atoms with Gasteiger partial charge in [0.05, 0.1) is 6.61 Å². The van der Waals surface area contributed by atoms with E-state index in [4.69, 9.17) is 17.4 Å². The normalized spacial score (nSPS) is 37.9. The van der Waals surface area contributed by atoms with Crippen LogP contribution in [0.4, 0.5) is 0 Å². The Morgan fingerprint density at radius 1 is 2.00 bits per heavy atom. The maximum absolute atomic E-state index is 4.90. The van der Waals surface area contributed by atoms with Crippen LogP contribution in [0.2, 0.25) is 0 Å². The summed E-state index contributed by atoms with van der Waals surface area (Å²) in [6.45, 7) is 4.27. The van der Waals surface area contributed by atoms with Gasteiger partial charge in [0.2, 0.25) is 0 Å². The Balaban J connectivity index is 2.25. The number of epoxide rings is 1. The van der Waals surface area contributed by atoms with Gasteiger partial charge in [-0.15, -0.1) is 6.58 Å². The van der Waals surface area contributed by atoms with E-state index in [0.29, 0.717) is 0 Å². The molecule has 1 fully saturated rings. The summed E-state index contributed by atoms with van der Waals surface area (Å²) in [5.74, 6) is 0. The van der Waals surface area contributed by atoms with E-state index in [2.05, 4.69) is 6.58 Å². The van der Waals surface area contributed by atoms with Crippen molar-refractivity contribution in [1.82, 2.24) is 0 Å². The van der Waals surface area contributed by atoms with E-state index in [1.165, 1.54) is 0 Å². The molecule has 39 valence electrons. The highest BCUT2D eigenvalue weighted by atomic mass is 32.1. The van der Waals surface area contributed by atoms with Gasteiger partial charge in [-0.3, -0.25) is 0 Å². The Labute approximate surface area is 48.8 Å². The summed E-state index contributed by atoms with van der Waals surface area (Å²) < 4.78 is 4.88. The van der Waals surface area contributed by atoms with Gasteiger partial charge in [0.15, 0.2) is 0 Å². The van der Waals surface area contributed by atoms with Crippen LogP contribution in [0.25, 0.3) is 0 Å².